The summed E-state index contributed by atoms with van der Waals surface area (Å²) in [7, 11) is 3.73. The van der Waals surface area contributed by atoms with Crippen LogP contribution in [0.15, 0.2) is 0 Å². The average molecular weight is 566 g/mol. The molecule has 0 spiro atoms. The number of rotatable bonds is 24. The van der Waals surface area contributed by atoms with Gasteiger partial charge in [-0.15, -0.1) is 0 Å². The van der Waals surface area contributed by atoms with E-state index in [9.17, 15) is 16.8 Å². The molecule has 0 fully saturated rings. The first-order valence-corrected chi connectivity index (χ1v) is 18.9. The van der Waals surface area contributed by atoms with Crippen molar-refractivity contribution < 1.29 is 16.8 Å². The Kier molecular flexibility index (Phi) is 28.6. The molecule has 0 aliphatic heterocycles. The maximum atomic E-state index is 10.7. The lowest BCUT2D eigenvalue weighted by Crippen LogP contribution is -1.96. The molecule has 0 aromatic rings. The van der Waals surface area contributed by atoms with Gasteiger partial charge in [-0.25, -0.2) is 16.8 Å². The maximum absolute atomic E-state index is 10.7. The molecule has 0 unspecified atom stereocenters. The SMILES string of the molecule is CCCCCCCCCCCCCCCS(=O)(=O)Cl.CCCCCCCCCCCS(=O)(=O)Cl. The van der Waals surface area contributed by atoms with Crippen LogP contribution in [0.3, 0.4) is 0 Å². The molecule has 4 nitrogen and oxygen atoms in total. The Balaban J connectivity index is 0. The van der Waals surface area contributed by atoms with Crippen LogP contribution < -0.4 is 0 Å². The summed E-state index contributed by atoms with van der Waals surface area (Å²) in [4.78, 5) is 0. The molecular weight excluding hydrogens is 511 g/mol. The van der Waals surface area contributed by atoms with Gasteiger partial charge in [-0.2, -0.15) is 0 Å². The van der Waals surface area contributed by atoms with Gasteiger partial charge < -0.3 is 0 Å². The van der Waals surface area contributed by atoms with E-state index in [1.54, 1.807) is 0 Å². The summed E-state index contributed by atoms with van der Waals surface area (Å²) in [5.41, 5.74) is 0. The highest BCUT2D eigenvalue weighted by atomic mass is 35.7. The molecule has 8 heteroatoms. The van der Waals surface area contributed by atoms with Crippen LogP contribution >= 0.6 is 21.4 Å². The first kappa shape index (κ1) is 36.6. The quantitative estimate of drug-likeness (QED) is 0.0863. The standard InChI is InChI=1S/C15H31ClO2S.C11H23ClO2S/c1-2-3-4-5-6-7-8-9-10-11-12-13-14-15-19(16,17)18;1-2-3-4-5-6-7-8-9-10-11-15(12,13)14/h2-15H2,1H3;2-11H2,1H3. The van der Waals surface area contributed by atoms with Crippen LogP contribution in [-0.4, -0.2) is 28.3 Å². The van der Waals surface area contributed by atoms with Crippen molar-refractivity contribution in [3.05, 3.63) is 0 Å². The topological polar surface area (TPSA) is 68.3 Å². The summed E-state index contributed by atoms with van der Waals surface area (Å²) >= 11 is 0. The molecule has 0 aliphatic carbocycles. The third-order valence-corrected chi connectivity index (χ3v) is 8.46. The lowest BCUT2D eigenvalue weighted by molar-refractivity contribution is 0.541. The fourth-order valence-corrected chi connectivity index (χ4v) is 5.63. The summed E-state index contributed by atoms with van der Waals surface area (Å²) in [6, 6.07) is 0. The zero-order valence-electron chi connectivity index (χ0n) is 22.2. The van der Waals surface area contributed by atoms with Gasteiger partial charge in [0, 0.05) is 21.4 Å². The highest BCUT2D eigenvalue weighted by Crippen LogP contribution is 2.13. The summed E-state index contributed by atoms with van der Waals surface area (Å²) < 4.78 is 42.6. The predicted molar refractivity (Wildman–Crippen MR) is 152 cm³/mol. The Morgan fingerprint density at radius 3 is 0.706 bits per heavy atom. The zero-order chi connectivity index (χ0) is 26.0. The van der Waals surface area contributed by atoms with E-state index in [2.05, 4.69) is 13.8 Å². The van der Waals surface area contributed by atoms with Gasteiger partial charge in [0.1, 0.15) is 0 Å². The van der Waals surface area contributed by atoms with Crippen molar-refractivity contribution in [3.63, 3.8) is 0 Å². The second kappa shape index (κ2) is 26.5. The molecular formula is C26H54Cl2O4S2. The molecule has 0 saturated carbocycles. The van der Waals surface area contributed by atoms with Gasteiger partial charge in [-0.05, 0) is 12.8 Å². The summed E-state index contributed by atoms with van der Waals surface area (Å²) in [6.45, 7) is 4.47. The number of unbranched alkanes of at least 4 members (excludes halogenated alkanes) is 20. The van der Waals surface area contributed by atoms with Crippen LogP contribution in [0.2, 0.25) is 0 Å². The molecule has 34 heavy (non-hydrogen) atoms. The highest BCUT2D eigenvalue weighted by molar-refractivity contribution is 8.14. The van der Waals surface area contributed by atoms with Crippen LogP contribution in [0.1, 0.15) is 155 Å². The van der Waals surface area contributed by atoms with Crippen molar-refractivity contribution in [1.29, 1.82) is 0 Å². The molecule has 0 aliphatic rings. The molecule has 0 radical (unpaired) electrons. The van der Waals surface area contributed by atoms with Gasteiger partial charge in [0.05, 0.1) is 11.5 Å². The minimum absolute atomic E-state index is 0.129. The molecule has 0 aromatic heterocycles. The molecule has 0 aromatic carbocycles. The summed E-state index contributed by atoms with van der Waals surface area (Å²) in [5.74, 6) is 0.261. The molecule has 0 atom stereocenters. The molecule has 0 rings (SSSR count). The third-order valence-electron chi connectivity index (χ3n) is 5.98. The third kappa shape index (κ3) is 39.7. The second-order valence-corrected chi connectivity index (χ2v) is 15.4. The van der Waals surface area contributed by atoms with Crippen molar-refractivity contribution in [2.24, 2.45) is 0 Å². The van der Waals surface area contributed by atoms with Crippen molar-refractivity contribution in [1.82, 2.24) is 0 Å². The van der Waals surface area contributed by atoms with E-state index in [1.807, 2.05) is 0 Å². The van der Waals surface area contributed by atoms with Crippen molar-refractivity contribution in [2.45, 2.75) is 155 Å². The van der Waals surface area contributed by atoms with Gasteiger partial charge in [-0.3, -0.25) is 0 Å². The molecule has 208 valence electrons. The second-order valence-electron chi connectivity index (χ2n) is 9.56. The van der Waals surface area contributed by atoms with Crippen molar-refractivity contribution >= 4 is 39.5 Å². The number of hydrogen-bond donors (Lipinski definition) is 0. The van der Waals surface area contributed by atoms with E-state index >= 15 is 0 Å². The van der Waals surface area contributed by atoms with Gasteiger partial charge in [0.25, 0.3) is 0 Å². The van der Waals surface area contributed by atoms with E-state index in [1.165, 1.54) is 103 Å². The normalized spacial score (nSPS) is 11.9. The molecule has 0 N–H and O–H groups in total. The van der Waals surface area contributed by atoms with E-state index < -0.39 is 18.1 Å². The smallest absolute Gasteiger partial charge is 0.212 e. The Bertz CT molecular complexity index is 608. The van der Waals surface area contributed by atoms with Gasteiger partial charge in [-0.1, -0.05) is 142 Å². The first-order chi connectivity index (χ1) is 16.1. The monoisotopic (exact) mass is 564 g/mol. The Morgan fingerprint density at radius 2 is 0.529 bits per heavy atom. The first-order valence-electron chi connectivity index (χ1n) is 14.0. The number of halogens is 2. The fraction of sp³-hybridized carbons (Fsp3) is 1.00. The van der Waals surface area contributed by atoms with Crippen LogP contribution in [0.25, 0.3) is 0 Å². The lowest BCUT2D eigenvalue weighted by Gasteiger charge is -2.02. The van der Waals surface area contributed by atoms with Crippen LogP contribution in [-0.2, 0) is 18.1 Å². The summed E-state index contributed by atoms with van der Waals surface area (Å²) in [5, 5.41) is 0. The van der Waals surface area contributed by atoms with Crippen molar-refractivity contribution in [2.75, 3.05) is 11.5 Å². The lowest BCUT2D eigenvalue weighted by atomic mass is 10.1. The van der Waals surface area contributed by atoms with Crippen LogP contribution in [0, 0.1) is 0 Å². The largest absolute Gasteiger partial charge is 0.232 e. The maximum Gasteiger partial charge on any atom is 0.232 e. The summed E-state index contributed by atoms with van der Waals surface area (Å²) in [6.07, 6.45) is 27.0. The van der Waals surface area contributed by atoms with E-state index in [0.717, 1.165) is 25.7 Å². The van der Waals surface area contributed by atoms with Crippen LogP contribution in [0.4, 0.5) is 0 Å². The predicted octanol–water partition coefficient (Wildman–Crippen LogP) is 9.73. The molecule has 0 amide bonds. The van der Waals surface area contributed by atoms with E-state index in [-0.39, 0.29) is 11.5 Å². The number of hydrogen-bond acceptors (Lipinski definition) is 4. The van der Waals surface area contributed by atoms with E-state index in [4.69, 9.17) is 21.4 Å². The van der Waals surface area contributed by atoms with Crippen molar-refractivity contribution in [3.8, 4) is 0 Å². The highest BCUT2D eigenvalue weighted by Gasteiger charge is 2.04. The molecule has 0 saturated heterocycles. The van der Waals surface area contributed by atoms with E-state index in [0.29, 0.717) is 12.8 Å². The fourth-order valence-electron chi connectivity index (χ4n) is 3.88. The Labute approximate surface area is 222 Å². The van der Waals surface area contributed by atoms with Gasteiger partial charge in [0.15, 0.2) is 0 Å². The average Bonchev–Trinajstić information content (AvgIpc) is 2.75. The van der Waals surface area contributed by atoms with Gasteiger partial charge >= 0.3 is 0 Å². The Morgan fingerprint density at radius 1 is 0.353 bits per heavy atom. The Hall–Kier alpha value is 0.480. The van der Waals surface area contributed by atoms with Gasteiger partial charge in [0.2, 0.25) is 18.1 Å². The molecule has 0 bridgehead atoms. The zero-order valence-corrected chi connectivity index (χ0v) is 25.3. The molecule has 0 heterocycles. The van der Waals surface area contributed by atoms with Crippen LogP contribution in [0.5, 0.6) is 0 Å². The minimum Gasteiger partial charge on any atom is -0.212 e. The minimum atomic E-state index is -3.27.